The molecular formula is C18H10F9N3O2. The normalized spacial score (nSPS) is 13.1. The fraction of sp³-hybridized carbons (Fsp3) is 0.278. The van der Waals surface area contributed by atoms with E-state index in [1.165, 1.54) is 0 Å². The van der Waals surface area contributed by atoms with Gasteiger partial charge in [-0.25, -0.2) is 0 Å². The first-order chi connectivity index (χ1) is 14.5. The van der Waals surface area contributed by atoms with Gasteiger partial charge in [0.1, 0.15) is 11.2 Å². The average Bonchev–Trinajstić information content (AvgIpc) is 2.99. The Morgan fingerprint density at radius 1 is 0.875 bits per heavy atom. The van der Waals surface area contributed by atoms with Crippen LogP contribution in [0, 0.1) is 0 Å². The van der Waals surface area contributed by atoms with Crippen LogP contribution in [0.5, 0.6) is 0 Å². The van der Waals surface area contributed by atoms with E-state index < -0.39 is 74.3 Å². The zero-order valence-electron chi connectivity index (χ0n) is 15.8. The molecule has 32 heavy (non-hydrogen) atoms. The van der Waals surface area contributed by atoms with Gasteiger partial charge in [0.15, 0.2) is 0 Å². The van der Waals surface area contributed by atoms with Crippen LogP contribution in [-0.2, 0) is 13.2 Å². The molecule has 0 aliphatic heterocycles. The highest BCUT2D eigenvalue weighted by Gasteiger charge is 2.45. The molecule has 0 spiro atoms. The third kappa shape index (κ3) is 3.62. The van der Waals surface area contributed by atoms with Gasteiger partial charge in [0.25, 0.3) is 11.6 Å². The number of nitrogens with one attached hydrogen (secondary N) is 1. The highest BCUT2D eigenvalue weighted by Crippen LogP contribution is 2.42. The lowest BCUT2D eigenvalue weighted by Gasteiger charge is -2.17. The Labute approximate surface area is 171 Å². The Bertz CT molecular complexity index is 1270. The molecule has 0 bridgehead atoms. The van der Waals surface area contributed by atoms with Crippen LogP contribution in [-0.4, -0.2) is 40.7 Å². The molecule has 14 heteroatoms. The minimum absolute atomic E-state index is 0.0706. The highest BCUT2D eigenvalue weighted by atomic mass is 19.4. The molecule has 0 saturated heterocycles. The lowest BCUT2D eigenvalue weighted by atomic mass is 9.92. The number of alkyl halides is 9. The molecule has 0 aliphatic rings. The second-order valence-electron chi connectivity index (χ2n) is 6.60. The molecule has 1 N–H and O–H groups in total. The monoisotopic (exact) mass is 471 g/mol. The van der Waals surface area contributed by atoms with Crippen molar-refractivity contribution in [2.45, 2.75) is 18.5 Å². The van der Waals surface area contributed by atoms with Crippen LogP contribution in [0.2, 0.25) is 0 Å². The van der Waals surface area contributed by atoms with Crippen LogP contribution < -0.4 is 5.32 Å². The summed E-state index contributed by atoms with van der Waals surface area (Å²) in [5, 5.41) is 3.84. The van der Waals surface area contributed by atoms with Crippen molar-refractivity contribution in [2.75, 3.05) is 12.4 Å². The molecule has 1 heterocycles. The number of anilines is 1. The number of Topliss-reactive ketones (excluding diaryl/α,β-unsaturated/α-hetero) is 2. The van der Waals surface area contributed by atoms with Crippen molar-refractivity contribution in [3.63, 3.8) is 0 Å². The molecule has 0 radical (unpaired) electrons. The molecule has 2 aromatic carbocycles. The fourth-order valence-electron chi connectivity index (χ4n) is 3.44. The third-order valence-electron chi connectivity index (χ3n) is 4.63. The van der Waals surface area contributed by atoms with Crippen molar-refractivity contribution in [1.29, 1.82) is 0 Å². The predicted octanol–water partition coefficient (Wildman–Crippen LogP) is 5.28. The number of halogens is 9. The van der Waals surface area contributed by atoms with Gasteiger partial charge in [-0.05, 0) is 12.1 Å². The summed E-state index contributed by atoms with van der Waals surface area (Å²) in [4.78, 5) is 23.9. The molecule has 1 aromatic heterocycles. The maximum absolute atomic E-state index is 13.4. The number of carbonyl (C=O) groups excluding carboxylic acids is 2. The van der Waals surface area contributed by atoms with Crippen LogP contribution in [0.15, 0.2) is 18.2 Å². The van der Waals surface area contributed by atoms with Crippen LogP contribution in [0.1, 0.15) is 26.4 Å². The van der Waals surface area contributed by atoms with Crippen LogP contribution in [0.4, 0.5) is 45.2 Å². The van der Waals surface area contributed by atoms with Gasteiger partial charge in [-0.3, -0.25) is 14.3 Å². The Balaban J connectivity index is 2.59. The van der Waals surface area contributed by atoms with E-state index >= 15 is 0 Å². The Morgan fingerprint density at radius 2 is 1.38 bits per heavy atom. The first-order valence-electron chi connectivity index (χ1n) is 8.44. The smallest absolute Gasteiger partial charge is 0.387 e. The molecule has 0 saturated carbocycles. The van der Waals surface area contributed by atoms with E-state index in [9.17, 15) is 49.1 Å². The minimum atomic E-state index is -5.60. The van der Waals surface area contributed by atoms with Crippen molar-refractivity contribution < 1.29 is 49.1 Å². The standard InChI is InChI=1S/C18H10F9N3O2/c1-28-11-6-3-4-7-12(29-30(2)13(7)16(19,20)21)10(6)8(14(31)17(22,23)24)5-9(11)15(32)18(25,26)27/h3-5,28H,1-2H3. The number of ketones is 2. The van der Waals surface area contributed by atoms with Gasteiger partial charge in [-0.2, -0.15) is 44.6 Å². The van der Waals surface area contributed by atoms with Gasteiger partial charge in [0, 0.05) is 35.8 Å². The fourth-order valence-corrected chi connectivity index (χ4v) is 3.44. The van der Waals surface area contributed by atoms with Gasteiger partial charge in [0.2, 0.25) is 0 Å². The second-order valence-corrected chi connectivity index (χ2v) is 6.60. The van der Waals surface area contributed by atoms with E-state index in [0.717, 1.165) is 26.2 Å². The second kappa shape index (κ2) is 7.10. The Morgan fingerprint density at radius 3 is 1.84 bits per heavy atom. The number of aryl methyl sites for hydroxylation is 1. The Hall–Kier alpha value is -3.32. The summed E-state index contributed by atoms with van der Waals surface area (Å²) in [5.74, 6) is -5.19. The van der Waals surface area contributed by atoms with Gasteiger partial charge in [0.05, 0.1) is 11.3 Å². The van der Waals surface area contributed by atoms with Crippen molar-refractivity contribution in [3.05, 3.63) is 35.0 Å². The number of benzene rings is 2. The summed E-state index contributed by atoms with van der Waals surface area (Å²) in [6.07, 6.45) is -16.1. The molecule has 5 nitrogen and oxygen atoms in total. The van der Waals surface area contributed by atoms with E-state index in [4.69, 9.17) is 0 Å². The lowest BCUT2D eigenvalue weighted by molar-refractivity contribution is -0.142. The molecular weight excluding hydrogens is 461 g/mol. The van der Waals surface area contributed by atoms with E-state index in [1.807, 2.05) is 0 Å². The average molecular weight is 471 g/mol. The number of carbonyl (C=O) groups is 2. The van der Waals surface area contributed by atoms with Crippen LogP contribution in [0.3, 0.4) is 0 Å². The van der Waals surface area contributed by atoms with Crippen LogP contribution in [0.25, 0.3) is 21.7 Å². The molecule has 0 fully saturated rings. The number of hydrogen-bond acceptors (Lipinski definition) is 4. The van der Waals surface area contributed by atoms with Crippen molar-refractivity contribution in [3.8, 4) is 0 Å². The summed E-state index contributed by atoms with van der Waals surface area (Å²) >= 11 is 0. The number of aromatic nitrogens is 2. The summed E-state index contributed by atoms with van der Waals surface area (Å²) in [6, 6.07) is 1.65. The molecule has 0 aliphatic carbocycles. The summed E-state index contributed by atoms with van der Waals surface area (Å²) < 4.78 is 119. The molecule has 3 rings (SSSR count). The zero-order chi connectivity index (χ0) is 24.4. The van der Waals surface area contributed by atoms with Crippen LogP contribution >= 0.6 is 0 Å². The maximum Gasteiger partial charge on any atom is 0.454 e. The first kappa shape index (κ1) is 23.3. The van der Waals surface area contributed by atoms with Gasteiger partial charge in [-0.1, -0.05) is 6.07 Å². The molecule has 0 unspecified atom stereocenters. The Kier molecular flexibility index (Phi) is 5.18. The van der Waals surface area contributed by atoms with E-state index in [2.05, 4.69) is 10.4 Å². The quantitative estimate of drug-likeness (QED) is 0.417. The number of rotatable bonds is 3. The topological polar surface area (TPSA) is 64.0 Å². The number of fused-ring (bicyclic) bond motifs is 3. The third-order valence-corrected chi connectivity index (χ3v) is 4.63. The summed E-state index contributed by atoms with van der Waals surface area (Å²) in [5.41, 5.74) is -5.40. The lowest BCUT2D eigenvalue weighted by Crippen LogP contribution is -2.26. The van der Waals surface area contributed by atoms with Gasteiger partial charge in [-0.15, -0.1) is 0 Å². The molecule has 0 amide bonds. The van der Waals surface area contributed by atoms with E-state index in [1.54, 1.807) is 0 Å². The maximum atomic E-state index is 13.4. The van der Waals surface area contributed by atoms with Crippen molar-refractivity contribution in [2.24, 2.45) is 7.05 Å². The van der Waals surface area contributed by atoms with Gasteiger partial charge >= 0.3 is 18.5 Å². The number of nitrogens with zero attached hydrogens (tertiary/aromatic N) is 2. The summed E-state index contributed by atoms with van der Waals surface area (Å²) in [7, 11) is 1.91. The van der Waals surface area contributed by atoms with E-state index in [-0.39, 0.29) is 6.07 Å². The van der Waals surface area contributed by atoms with E-state index in [0.29, 0.717) is 4.68 Å². The van der Waals surface area contributed by atoms with Crippen molar-refractivity contribution in [1.82, 2.24) is 9.78 Å². The van der Waals surface area contributed by atoms with Crippen molar-refractivity contribution >= 4 is 38.9 Å². The minimum Gasteiger partial charge on any atom is -0.387 e. The molecule has 172 valence electrons. The highest BCUT2D eigenvalue weighted by molar-refractivity contribution is 6.24. The summed E-state index contributed by atoms with van der Waals surface area (Å²) in [6.45, 7) is 0. The first-order valence-corrected chi connectivity index (χ1v) is 8.44. The predicted molar refractivity (Wildman–Crippen MR) is 93.5 cm³/mol. The molecule has 3 aromatic rings. The largest absolute Gasteiger partial charge is 0.454 e. The molecule has 0 atom stereocenters. The van der Waals surface area contributed by atoms with Gasteiger partial charge < -0.3 is 5.32 Å². The SMILES string of the molecule is CNc1c(C(=O)C(F)(F)F)cc(C(=O)C(F)(F)F)c2c1ccc1c(C(F)(F)F)n(C)nc12. The zero-order valence-corrected chi connectivity index (χ0v) is 15.8. The number of hydrogen-bond donors (Lipinski definition) is 1.